The van der Waals surface area contributed by atoms with Crippen LogP contribution in [0.25, 0.3) is 0 Å². The van der Waals surface area contributed by atoms with Gasteiger partial charge in [-0.2, -0.15) is 4.98 Å². The van der Waals surface area contributed by atoms with Crippen LogP contribution in [0.2, 0.25) is 0 Å². The second-order valence-electron chi connectivity index (χ2n) is 13.0. The number of aliphatic hydroxyl groups excluding tert-OH is 2. The predicted molar refractivity (Wildman–Crippen MR) is 204 cm³/mol. The molecule has 0 bridgehead atoms. The van der Waals surface area contributed by atoms with Crippen molar-refractivity contribution < 1.29 is 47.4 Å². The number of carbonyl (C=O) groups excluding carboxylic acids is 2. The van der Waals surface area contributed by atoms with Gasteiger partial charge in [-0.25, -0.2) is 9.36 Å². The number of ether oxygens (including phenoxy) is 2. The van der Waals surface area contributed by atoms with Crippen LogP contribution in [0.5, 0.6) is 5.75 Å². The lowest BCUT2D eigenvalue weighted by atomic mass is 10.1. The van der Waals surface area contributed by atoms with Gasteiger partial charge in [-0.3, -0.25) is 27.7 Å². The average Bonchev–Trinajstić information content (AvgIpc) is 3.44. The van der Waals surface area contributed by atoms with Crippen molar-refractivity contribution in [3.05, 3.63) is 100 Å². The fraction of sp³-hybridized carbons (Fsp3) is 0.368. The number of anilines is 3. The number of esters is 1. The van der Waals surface area contributed by atoms with Gasteiger partial charge in [-0.05, 0) is 67.8 Å². The van der Waals surface area contributed by atoms with Crippen molar-refractivity contribution in [1.82, 2.24) is 9.55 Å². The Morgan fingerprint density at radius 3 is 2.16 bits per heavy atom. The Morgan fingerprint density at radius 1 is 0.909 bits per heavy atom. The van der Waals surface area contributed by atoms with Crippen LogP contribution in [0, 0.1) is 0 Å². The molecule has 1 fully saturated rings. The number of Topliss-reactive ketones (excluding diaryl/α,β-unsaturated/α-hetero) is 1. The van der Waals surface area contributed by atoms with E-state index >= 15 is 0 Å². The van der Waals surface area contributed by atoms with Crippen molar-refractivity contribution >= 4 is 48.5 Å². The molecule has 1 unspecified atom stereocenters. The van der Waals surface area contributed by atoms with Gasteiger partial charge in [0.1, 0.15) is 29.8 Å². The van der Waals surface area contributed by atoms with E-state index in [4.69, 9.17) is 23.0 Å². The van der Waals surface area contributed by atoms with E-state index in [1.165, 1.54) is 31.8 Å². The van der Waals surface area contributed by atoms with Gasteiger partial charge in [0.2, 0.25) is 0 Å². The molecule has 3 N–H and O–H groups in total. The van der Waals surface area contributed by atoms with Crippen molar-refractivity contribution in [1.29, 1.82) is 0 Å². The minimum absolute atomic E-state index is 0.0128. The second-order valence-corrected chi connectivity index (χ2v) is 15.7. The standard InChI is InChI=1S/C38H43N4O11PS/c1-5-41(6-2)28-13-16-32-30(18-28)39-36-33(55-32)19-42(38(47)40-36)37-35(46)34(45)31(53-37)22-51-54(48,49-20-26-9-7-25(8-10-26)17-23(3)43)50-21-27-11-14-29(15-12-27)52-24(4)44/h7-16,18-19,31,34-35,37,45-46H,5-6,17,20-22H2,1-4H3,(H,39,40,47)/t31-,34+,35+,37-,54?/m1/s1. The smallest absolute Gasteiger partial charge is 0.427 e. The van der Waals surface area contributed by atoms with E-state index in [1.54, 1.807) is 48.5 Å². The van der Waals surface area contributed by atoms with Crippen LogP contribution in [-0.2, 0) is 52.1 Å². The largest absolute Gasteiger partial charge is 0.475 e. The second kappa shape index (κ2) is 17.6. The van der Waals surface area contributed by atoms with Crippen molar-refractivity contribution in [2.75, 3.05) is 29.9 Å². The molecular formula is C38H43N4O11PS. The van der Waals surface area contributed by atoms with Crippen LogP contribution < -0.4 is 20.6 Å². The summed E-state index contributed by atoms with van der Waals surface area (Å²) in [6.07, 6.45) is -3.92. The van der Waals surface area contributed by atoms with Crippen LogP contribution >= 0.6 is 19.6 Å². The maximum absolute atomic E-state index is 14.0. The number of hydrogen-bond donors (Lipinski definition) is 3. The van der Waals surface area contributed by atoms with Gasteiger partial charge in [0.15, 0.2) is 12.0 Å². The van der Waals surface area contributed by atoms with Crippen molar-refractivity contribution in [3.63, 3.8) is 0 Å². The summed E-state index contributed by atoms with van der Waals surface area (Å²) in [7, 11) is -4.39. The molecule has 1 aromatic heterocycles. The molecule has 0 spiro atoms. The number of carbonyl (C=O) groups is 2. The summed E-state index contributed by atoms with van der Waals surface area (Å²) in [4.78, 5) is 44.0. The Morgan fingerprint density at radius 2 is 1.55 bits per heavy atom. The molecule has 6 rings (SSSR count). The van der Waals surface area contributed by atoms with Crippen LogP contribution in [0.1, 0.15) is 50.6 Å². The molecule has 0 radical (unpaired) electrons. The summed E-state index contributed by atoms with van der Waals surface area (Å²) in [5.41, 5.74) is 3.11. The highest BCUT2D eigenvalue weighted by Crippen LogP contribution is 2.52. The minimum atomic E-state index is -4.39. The SMILES string of the molecule is CCN(CC)c1ccc2c(c1)Nc1nc(=O)n([C@@H]3O[C@H](COP(=O)(OCc4ccc(CC(C)=O)cc4)OCc4ccc(OC(C)=O)cc4)[C@H](O)[C@@H]3O)cc1S2. The Balaban J connectivity index is 1.15. The molecule has 0 amide bonds. The number of aliphatic hydroxyl groups is 2. The molecule has 3 aromatic carbocycles. The molecule has 292 valence electrons. The summed E-state index contributed by atoms with van der Waals surface area (Å²) < 4.78 is 43.3. The van der Waals surface area contributed by atoms with Gasteiger partial charge in [0, 0.05) is 43.2 Å². The Kier molecular flexibility index (Phi) is 12.9. The first-order chi connectivity index (χ1) is 26.3. The number of aromatic nitrogens is 2. The summed E-state index contributed by atoms with van der Waals surface area (Å²) in [6.45, 7) is 7.66. The molecule has 55 heavy (non-hydrogen) atoms. The third kappa shape index (κ3) is 9.90. The third-order valence-electron chi connectivity index (χ3n) is 8.93. The van der Waals surface area contributed by atoms with E-state index in [1.807, 2.05) is 18.2 Å². The highest BCUT2D eigenvalue weighted by Gasteiger charge is 2.46. The molecule has 5 atom stereocenters. The number of hydrogen-bond acceptors (Lipinski definition) is 15. The van der Waals surface area contributed by atoms with Crippen LogP contribution in [0.15, 0.2) is 87.5 Å². The van der Waals surface area contributed by atoms with Gasteiger partial charge in [0.25, 0.3) is 0 Å². The van der Waals surface area contributed by atoms with E-state index in [0.29, 0.717) is 27.6 Å². The highest BCUT2D eigenvalue weighted by molar-refractivity contribution is 7.99. The molecule has 2 aliphatic heterocycles. The first-order valence-electron chi connectivity index (χ1n) is 17.7. The van der Waals surface area contributed by atoms with E-state index in [2.05, 4.69) is 29.0 Å². The number of rotatable bonds is 16. The number of ketones is 1. The molecule has 0 saturated carbocycles. The fourth-order valence-corrected chi connectivity index (χ4v) is 8.19. The van der Waals surface area contributed by atoms with Crippen molar-refractivity contribution in [2.45, 2.75) is 81.7 Å². The van der Waals surface area contributed by atoms with Gasteiger partial charge in [-0.15, -0.1) is 0 Å². The summed E-state index contributed by atoms with van der Waals surface area (Å²) in [6, 6.07) is 19.3. The van der Waals surface area contributed by atoms with Gasteiger partial charge in [0.05, 0.1) is 30.4 Å². The molecule has 17 heteroatoms. The molecule has 3 heterocycles. The average molecular weight is 795 g/mol. The van der Waals surface area contributed by atoms with Gasteiger partial charge >= 0.3 is 19.5 Å². The number of nitrogens with one attached hydrogen (secondary N) is 1. The topological polar surface area (TPSA) is 188 Å². The molecule has 1 saturated heterocycles. The zero-order valence-electron chi connectivity index (χ0n) is 30.7. The number of fused-ring (bicyclic) bond motifs is 2. The molecular weight excluding hydrogens is 751 g/mol. The van der Waals surface area contributed by atoms with Crippen LogP contribution in [0.3, 0.4) is 0 Å². The number of nitrogens with zero attached hydrogens (tertiary/aromatic N) is 3. The molecule has 0 aliphatic carbocycles. The first kappa shape index (κ1) is 40.3. The lowest BCUT2D eigenvalue weighted by molar-refractivity contribution is -0.131. The van der Waals surface area contributed by atoms with E-state index in [9.17, 15) is 29.2 Å². The first-order valence-corrected chi connectivity index (χ1v) is 20.0. The van der Waals surface area contributed by atoms with Gasteiger partial charge in [-0.1, -0.05) is 48.2 Å². The Hall–Kier alpha value is -4.38. The lowest BCUT2D eigenvalue weighted by Crippen LogP contribution is -2.36. The summed E-state index contributed by atoms with van der Waals surface area (Å²) in [5.74, 6) is 0.206. The van der Waals surface area contributed by atoms with E-state index in [0.717, 1.165) is 39.5 Å². The third-order valence-corrected chi connectivity index (χ3v) is 11.4. The Labute approximate surface area is 322 Å². The predicted octanol–water partition coefficient (Wildman–Crippen LogP) is 5.53. The zero-order chi connectivity index (χ0) is 39.3. The zero-order valence-corrected chi connectivity index (χ0v) is 32.5. The van der Waals surface area contributed by atoms with Crippen LogP contribution in [-0.4, -0.2) is 69.5 Å². The minimum Gasteiger partial charge on any atom is -0.427 e. The summed E-state index contributed by atoms with van der Waals surface area (Å²) in [5, 5.41) is 25.3. The molecule has 15 nitrogen and oxygen atoms in total. The highest BCUT2D eigenvalue weighted by atomic mass is 32.2. The quantitative estimate of drug-likeness (QED) is 0.0642. The van der Waals surface area contributed by atoms with Crippen molar-refractivity contribution in [3.8, 4) is 5.75 Å². The monoisotopic (exact) mass is 794 g/mol. The number of phosphoric acid groups is 1. The number of benzene rings is 3. The maximum atomic E-state index is 14.0. The summed E-state index contributed by atoms with van der Waals surface area (Å²) >= 11 is 1.40. The van der Waals surface area contributed by atoms with Crippen molar-refractivity contribution in [2.24, 2.45) is 0 Å². The van der Waals surface area contributed by atoms with E-state index in [-0.39, 0.29) is 25.4 Å². The number of phosphoric ester groups is 1. The lowest BCUT2D eigenvalue weighted by Gasteiger charge is -2.26. The molecule has 4 aromatic rings. The molecule has 2 aliphatic rings. The maximum Gasteiger partial charge on any atom is 0.475 e. The van der Waals surface area contributed by atoms with Gasteiger partial charge < -0.3 is 29.9 Å². The van der Waals surface area contributed by atoms with E-state index < -0.39 is 50.6 Å². The van der Waals surface area contributed by atoms with Crippen LogP contribution in [0.4, 0.5) is 17.2 Å². The fourth-order valence-electron chi connectivity index (χ4n) is 6.07. The Bertz CT molecular complexity index is 2040. The normalized spacial score (nSPS) is 19.8.